The second kappa shape index (κ2) is 4.89. The summed E-state index contributed by atoms with van der Waals surface area (Å²) in [4.78, 5) is 7.86. The maximum atomic E-state index is 13.4. The summed E-state index contributed by atoms with van der Waals surface area (Å²) >= 11 is 1.54. The van der Waals surface area contributed by atoms with Crippen molar-refractivity contribution in [1.82, 2.24) is 9.97 Å². The van der Waals surface area contributed by atoms with Gasteiger partial charge in [0.25, 0.3) is 0 Å². The highest BCUT2D eigenvalue weighted by atomic mass is 32.1. The molecule has 2 N–H and O–H groups in total. The topological polar surface area (TPSA) is 49.8 Å². The molecular weight excluding hydrogens is 227 g/mol. The van der Waals surface area contributed by atoms with E-state index in [4.69, 9.17) is 0 Å². The molecule has 0 aliphatic heterocycles. The molecule has 84 valence electrons. The van der Waals surface area contributed by atoms with Gasteiger partial charge in [-0.1, -0.05) is 0 Å². The standard InChI is InChI=1S/C10H11FN4S/c1-2-12-10-13-5-8(11)9(15-10)14-7-3-4-16-6-7/h3-6H,2H2,1H3,(H2,12,13,14,15). The van der Waals surface area contributed by atoms with Gasteiger partial charge in [-0.05, 0) is 18.4 Å². The van der Waals surface area contributed by atoms with E-state index in [2.05, 4.69) is 20.6 Å². The third kappa shape index (κ3) is 2.46. The molecule has 0 saturated heterocycles. The van der Waals surface area contributed by atoms with Crippen molar-refractivity contribution in [2.45, 2.75) is 6.92 Å². The molecule has 0 unspecified atom stereocenters. The Morgan fingerprint density at radius 1 is 1.50 bits per heavy atom. The smallest absolute Gasteiger partial charge is 0.224 e. The number of hydrogen-bond donors (Lipinski definition) is 2. The Balaban J connectivity index is 2.21. The Kier molecular flexibility index (Phi) is 3.31. The maximum absolute atomic E-state index is 13.4. The Morgan fingerprint density at radius 3 is 3.06 bits per heavy atom. The molecular formula is C10H11FN4S. The molecule has 2 heterocycles. The summed E-state index contributed by atoms with van der Waals surface area (Å²) in [6.07, 6.45) is 1.15. The molecule has 2 aromatic heterocycles. The van der Waals surface area contributed by atoms with Crippen molar-refractivity contribution in [3.05, 3.63) is 28.8 Å². The van der Waals surface area contributed by atoms with E-state index in [9.17, 15) is 4.39 Å². The van der Waals surface area contributed by atoms with Crippen LogP contribution in [0.25, 0.3) is 0 Å². The van der Waals surface area contributed by atoms with Gasteiger partial charge in [0.1, 0.15) is 0 Å². The molecule has 0 spiro atoms. The first-order chi connectivity index (χ1) is 7.79. The fraction of sp³-hybridized carbons (Fsp3) is 0.200. The molecule has 0 bridgehead atoms. The number of anilines is 3. The average Bonchev–Trinajstić information content (AvgIpc) is 2.76. The SMILES string of the molecule is CCNc1ncc(F)c(Nc2ccsc2)n1. The summed E-state index contributed by atoms with van der Waals surface area (Å²) in [5, 5.41) is 9.62. The van der Waals surface area contributed by atoms with Gasteiger partial charge in [0.05, 0.1) is 11.9 Å². The number of halogens is 1. The van der Waals surface area contributed by atoms with E-state index in [-0.39, 0.29) is 5.82 Å². The molecule has 2 rings (SSSR count). The Hall–Kier alpha value is -1.69. The minimum atomic E-state index is -0.465. The van der Waals surface area contributed by atoms with Crippen LogP contribution in [0.2, 0.25) is 0 Å². The van der Waals surface area contributed by atoms with Gasteiger partial charge >= 0.3 is 0 Å². The zero-order valence-electron chi connectivity index (χ0n) is 8.70. The van der Waals surface area contributed by atoms with E-state index in [1.54, 1.807) is 0 Å². The molecule has 0 radical (unpaired) electrons. The number of aromatic nitrogens is 2. The summed E-state index contributed by atoms with van der Waals surface area (Å²) in [7, 11) is 0. The molecule has 0 amide bonds. The summed E-state index contributed by atoms with van der Waals surface area (Å²) in [5.41, 5.74) is 0.824. The van der Waals surface area contributed by atoms with Crippen LogP contribution in [-0.2, 0) is 0 Å². The van der Waals surface area contributed by atoms with Gasteiger partial charge in [0, 0.05) is 11.9 Å². The van der Waals surface area contributed by atoms with Gasteiger partial charge < -0.3 is 10.6 Å². The minimum absolute atomic E-state index is 0.185. The zero-order chi connectivity index (χ0) is 11.4. The van der Waals surface area contributed by atoms with Crippen LogP contribution in [0.5, 0.6) is 0 Å². The monoisotopic (exact) mass is 238 g/mol. The molecule has 0 aliphatic carbocycles. The fourth-order valence-electron chi connectivity index (χ4n) is 1.17. The molecule has 4 nitrogen and oxygen atoms in total. The van der Waals surface area contributed by atoms with Gasteiger partial charge in [-0.25, -0.2) is 9.37 Å². The first-order valence-electron chi connectivity index (χ1n) is 4.85. The van der Waals surface area contributed by atoms with E-state index in [0.717, 1.165) is 11.9 Å². The van der Waals surface area contributed by atoms with Gasteiger partial charge in [0.15, 0.2) is 11.6 Å². The van der Waals surface area contributed by atoms with Gasteiger partial charge in [-0.15, -0.1) is 0 Å². The number of thiophene rings is 1. The first-order valence-corrected chi connectivity index (χ1v) is 5.79. The van der Waals surface area contributed by atoms with Crippen LogP contribution in [0, 0.1) is 5.82 Å². The Morgan fingerprint density at radius 2 is 2.38 bits per heavy atom. The largest absolute Gasteiger partial charge is 0.354 e. The van der Waals surface area contributed by atoms with Crippen molar-refractivity contribution in [2.75, 3.05) is 17.2 Å². The zero-order valence-corrected chi connectivity index (χ0v) is 9.51. The summed E-state index contributed by atoms with van der Waals surface area (Å²) < 4.78 is 13.4. The number of nitrogens with one attached hydrogen (secondary N) is 2. The van der Waals surface area contributed by atoms with E-state index in [1.165, 1.54) is 11.3 Å². The summed E-state index contributed by atoms with van der Waals surface area (Å²) in [5.74, 6) is 0.138. The molecule has 0 saturated carbocycles. The predicted molar refractivity (Wildman–Crippen MR) is 63.8 cm³/mol. The van der Waals surface area contributed by atoms with Crippen LogP contribution >= 0.6 is 11.3 Å². The van der Waals surface area contributed by atoms with Crippen molar-refractivity contribution in [2.24, 2.45) is 0 Å². The number of rotatable bonds is 4. The van der Waals surface area contributed by atoms with Crippen molar-refractivity contribution in [3.8, 4) is 0 Å². The lowest BCUT2D eigenvalue weighted by atomic mass is 10.4. The lowest BCUT2D eigenvalue weighted by Gasteiger charge is -2.06. The van der Waals surface area contributed by atoms with Crippen molar-refractivity contribution >= 4 is 28.8 Å². The second-order valence-corrected chi connectivity index (χ2v) is 3.84. The molecule has 6 heteroatoms. The van der Waals surface area contributed by atoms with E-state index in [0.29, 0.717) is 12.5 Å². The molecule has 2 aromatic rings. The van der Waals surface area contributed by atoms with Crippen molar-refractivity contribution in [1.29, 1.82) is 0 Å². The van der Waals surface area contributed by atoms with Crippen molar-refractivity contribution < 1.29 is 4.39 Å². The highest BCUT2D eigenvalue weighted by Gasteiger charge is 2.06. The van der Waals surface area contributed by atoms with Gasteiger partial charge in [-0.2, -0.15) is 16.3 Å². The molecule has 0 fully saturated rings. The third-order valence-corrected chi connectivity index (χ3v) is 2.55. The van der Waals surface area contributed by atoms with Gasteiger partial charge in [0.2, 0.25) is 5.95 Å². The highest BCUT2D eigenvalue weighted by molar-refractivity contribution is 7.08. The maximum Gasteiger partial charge on any atom is 0.224 e. The Bertz CT molecular complexity index is 458. The molecule has 0 aromatic carbocycles. The van der Waals surface area contributed by atoms with Crippen LogP contribution in [0.3, 0.4) is 0 Å². The van der Waals surface area contributed by atoms with Crippen LogP contribution in [0.15, 0.2) is 23.0 Å². The lowest BCUT2D eigenvalue weighted by Crippen LogP contribution is -2.05. The minimum Gasteiger partial charge on any atom is -0.354 e. The Labute approximate surface area is 96.6 Å². The van der Waals surface area contributed by atoms with E-state index < -0.39 is 5.82 Å². The predicted octanol–water partition coefficient (Wildman–Crippen LogP) is 2.85. The average molecular weight is 238 g/mol. The van der Waals surface area contributed by atoms with E-state index in [1.807, 2.05) is 23.8 Å². The van der Waals surface area contributed by atoms with Crippen LogP contribution in [0.4, 0.5) is 21.8 Å². The van der Waals surface area contributed by atoms with Crippen LogP contribution < -0.4 is 10.6 Å². The summed E-state index contributed by atoms with van der Waals surface area (Å²) in [6, 6.07) is 1.86. The summed E-state index contributed by atoms with van der Waals surface area (Å²) in [6.45, 7) is 2.63. The van der Waals surface area contributed by atoms with Crippen LogP contribution in [0.1, 0.15) is 6.92 Å². The highest BCUT2D eigenvalue weighted by Crippen LogP contribution is 2.20. The number of hydrogen-bond acceptors (Lipinski definition) is 5. The first kappa shape index (κ1) is 10.8. The van der Waals surface area contributed by atoms with E-state index >= 15 is 0 Å². The number of nitrogens with zero attached hydrogens (tertiary/aromatic N) is 2. The quantitative estimate of drug-likeness (QED) is 0.860. The van der Waals surface area contributed by atoms with Gasteiger partial charge in [-0.3, -0.25) is 0 Å². The molecule has 0 aliphatic rings. The molecule has 0 atom stereocenters. The van der Waals surface area contributed by atoms with Crippen LogP contribution in [-0.4, -0.2) is 16.5 Å². The second-order valence-electron chi connectivity index (χ2n) is 3.06. The third-order valence-electron chi connectivity index (χ3n) is 1.86. The lowest BCUT2D eigenvalue weighted by molar-refractivity contribution is 0.619. The normalized spacial score (nSPS) is 10.1. The van der Waals surface area contributed by atoms with Crippen molar-refractivity contribution in [3.63, 3.8) is 0 Å². The fourth-order valence-corrected chi connectivity index (χ4v) is 1.76. The molecule has 16 heavy (non-hydrogen) atoms.